The number of hydrogen-bond acceptors (Lipinski definition) is 5. The van der Waals surface area contributed by atoms with Gasteiger partial charge in [0.1, 0.15) is 11.5 Å². The molecule has 1 aliphatic heterocycles. The van der Waals surface area contributed by atoms with Gasteiger partial charge in [-0.05, 0) is 62.9 Å². The largest absolute Gasteiger partial charge is 0.493 e. The standard InChI is InChI=1S/C26H30N4O2/c1-19-16-21-17-23(7-8-24(21)27-19)32-26-9-5-20-4-6-22(18-25(20)28-26)31-15-3-10-30-13-11-29(2)12-14-30/h4-9,16-18,27H,3,10-15H2,1-2H3. The lowest BCUT2D eigenvalue weighted by Crippen LogP contribution is -2.44. The highest BCUT2D eigenvalue weighted by atomic mass is 16.5. The molecule has 3 heterocycles. The van der Waals surface area contributed by atoms with E-state index in [4.69, 9.17) is 14.5 Å². The number of benzene rings is 2. The van der Waals surface area contributed by atoms with Crippen molar-refractivity contribution < 1.29 is 9.47 Å². The van der Waals surface area contributed by atoms with E-state index < -0.39 is 0 Å². The molecule has 0 radical (unpaired) electrons. The highest BCUT2D eigenvalue weighted by Gasteiger charge is 2.13. The zero-order valence-corrected chi connectivity index (χ0v) is 18.8. The Bertz CT molecular complexity index is 1210. The lowest BCUT2D eigenvalue weighted by molar-refractivity contribution is 0.145. The molecule has 6 nitrogen and oxygen atoms in total. The number of nitrogens with zero attached hydrogens (tertiary/aromatic N) is 3. The molecular formula is C26H30N4O2. The third kappa shape index (κ3) is 4.87. The number of aromatic nitrogens is 2. The average Bonchev–Trinajstić information content (AvgIpc) is 3.17. The Morgan fingerprint density at radius 2 is 1.72 bits per heavy atom. The molecule has 0 aliphatic carbocycles. The van der Waals surface area contributed by atoms with Crippen LogP contribution in [0.4, 0.5) is 0 Å². The SMILES string of the molecule is Cc1cc2cc(Oc3ccc4ccc(OCCCN5CCN(C)CC5)cc4n3)ccc2[nH]1. The van der Waals surface area contributed by atoms with Crippen LogP contribution in [0.1, 0.15) is 12.1 Å². The summed E-state index contributed by atoms with van der Waals surface area (Å²) in [6, 6.07) is 18.2. The van der Waals surface area contributed by atoms with Gasteiger partial charge in [-0.3, -0.25) is 0 Å². The second-order valence-electron chi connectivity index (χ2n) is 8.65. The fourth-order valence-electron chi connectivity index (χ4n) is 4.21. The molecule has 2 aromatic carbocycles. The molecule has 6 heteroatoms. The number of nitrogens with one attached hydrogen (secondary N) is 1. The van der Waals surface area contributed by atoms with E-state index >= 15 is 0 Å². The molecule has 1 N–H and O–H groups in total. The van der Waals surface area contributed by atoms with Crippen LogP contribution in [0.3, 0.4) is 0 Å². The third-order valence-electron chi connectivity index (χ3n) is 6.07. The van der Waals surface area contributed by atoms with Crippen molar-refractivity contribution in [3.8, 4) is 17.4 Å². The van der Waals surface area contributed by atoms with E-state index in [0.717, 1.165) is 78.1 Å². The van der Waals surface area contributed by atoms with Gasteiger partial charge in [0, 0.05) is 66.8 Å². The lowest BCUT2D eigenvalue weighted by Gasteiger charge is -2.32. The van der Waals surface area contributed by atoms with E-state index in [1.54, 1.807) is 0 Å². The van der Waals surface area contributed by atoms with Crippen LogP contribution in [-0.2, 0) is 0 Å². The fourth-order valence-corrected chi connectivity index (χ4v) is 4.21. The normalized spacial score (nSPS) is 15.4. The first-order valence-electron chi connectivity index (χ1n) is 11.3. The lowest BCUT2D eigenvalue weighted by atomic mass is 10.2. The van der Waals surface area contributed by atoms with Gasteiger partial charge in [0.25, 0.3) is 0 Å². The molecule has 1 saturated heterocycles. The van der Waals surface area contributed by atoms with Gasteiger partial charge in [0.2, 0.25) is 5.88 Å². The minimum atomic E-state index is 0.580. The minimum absolute atomic E-state index is 0.580. The first kappa shape index (κ1) is 20.8. The highest BCUT2D eigenvalue weighted by molar-refractivity contribution is 5.82. The summed E-state index contributed by atoms with van der Waals surface area (Å²) in [6.45, 7) is 8.45. The summed E-state index contributed by atoms with van der Waals surface area (Å²) in [4.78, 5) is 12.9. The highest BCUT2D eigenvalue weighted by Crippen LogP contribution is 2.27. The summed E-state index contributed by atoms with van der Waals surface area (Å²) >= 11 is 0. The predicted molar refractivity (Wildman–Crippen MR) is 129 cm³/mol. The van der Waals surface area contributed by atoms with Crippen LogP contribution < -0.4 is 9.47 Å². The van der Waals surface area contributed by atoms with Crippen LogP contribution in [-0.4, -0.2) is 66.1 Å². The molecule has 32 heavy (non-hydrogen) atoms. The van der Waals surface area contributed by atoms with E-state index in [0.29, 0.717) is 12.5 Å². The summed E-state index contributed by atoms with van der Waals surface area (Å²) in [5.41, 5.74) is 3.12. The molecular weight excluding hydrogens is 400 g/mol. The zero-order chi connectivity index (χ0) is 21.9. The van der Waals surface area contributed by atoms with Crippen LogP contribution in [0.25, 0.3) is 21.8 Å². The number of piperazine rings is 1. The van der Waals surface area contributed by atoms with E-state index in [2.05, 4.69) is 40.9 Å². The second kappa shape index (κ2) is 9.18. The first-order valence-corrected chi connectivity index (χ1v) is 11.3. The van der Waals surface area contributed by atoms with Gasteiger partial charge >= 0.3 is 0 Å². The van der Waals surface area contributed by atoms with Crippen molar-refractivity contribution in [1.29, 1.82) is 0 Å². The van der Waals surface area contributed by atoms with Crippen molar-refractivity contribution >= 4 is 21.8 Å². The van der Waals surface area contributed by atoms with Crippen LogP contribution in [0, 0.1) is 6.92 Å². The Morgan fingerprint density at radius 1 is 0.906 bits per heavy atom. The Labute approximate surface area is 188 Å². The summed E-state index contributed by atoms with van der Waals surface area (Å²) < 4.78 is 12.1. The smallest absolute Gasteiger partial charge is 0.219 e. The van der Waals surface area contributed by atoms with E-state index in [9.17, 15) is 0 Å². The molecule has 1 aliphatic rings. The number of rotatable bonds is 7. The number of fused-ring (bicyclic) bond motifs is 2. The van der Waals surface area contributed by atoms with Gasteiger partial charge in [-0.1, -0.05) is 0 Å². The number of pyridine rings is 1. The molecule has 166 valence electrons. The van der Waals surface area contributed by atoms with Crippen molar-refractivity contribution in [2.45, 2.75) is 13.3 Å². The number of aromatic amines is 1. The van der Waals surface area contributed by atoms with Crippen molar-refractivity contribution in [1.82, 2.24) is 19.8 Å². The topological polar surface area (TPSA) is 53.6 Å². The van der Waals surface area contributed by atoms with Crippen molar-refractivity contribution in [2.75, 3.05) is 46.4 Å². The van der Waals surface area contributed by atoms with Gasteiger partial charge in [0.05, 0.1) is 12.1 Å². The van der Waals surface area contributed by atoms with Crippen molar-refractivity contribution in [2.24, 2.45) is 0 Å². The van der Waals surface area contributed by atoms with E-state index in [-0.39, 0.29) is 0 Å². The van der Waals surface area contributed by atoms with Gasteiger partial charge < -0.3 is 24.3 Å². The van der Waals surface area contributed by atoms with Gasteiger partial charge in [0.15, 0.2) is 0 Å². The van der Waals surface area contributed by atoms with Gasteiger partial charge in [-0.15, -0.1) is 0 Å². The Morgan fingerprint density at radius 3 is 2.59 bits per heavy atom. The predicted octanol–water partition coefficient (Wildman–Crippen LogP) is 4.83. The molecule has 0 amide bonds. The molecule has 0 spiro atoms. The fraction of sp³-hybridized carbons (Fsp3) is 0.346. The summed E-state index contributed by atoms with van der Waals surface area (Å²) in [5.74, 6) is 2.21. The molecule has 2 aromatic heterocycles. The van der Waals surface area contributed by atoms with E-state index in [1.807, 2.05) is 42.5 Å². The summed E-state index contributed by atoms with van der Waals surface area (Å²) in [5, 5.41) is 2.20. The number of H-pyrrole nitrogens is 1. The van der Waals surface area contributed by atoms with Crippen LogP contribution >= 0.6 is 0 Å². The average molecular weight is 431 g/mol. The molecule has 0 unspecified atom stereocenters. The number of ether oxygens (including phenoxy) is 2. The zero-order valence-electron chi connectivity index (χ0n) is 18.8. The quantitative estimate of drug-likeness (QED) is 0.426. The van der Waals surface area contributed by atoms with Crippen molar-refractivity contribution in [3.05, 3.63) is 60.3 Å². The van der Waals surface area contributed by atoms with Crippen LogP contribution in [0.15, 0.2) is 54.6 Å². The maximum Gasteiger partial charge on any atom is 0.219 e. The van der Waals surface area contributed by atoms with Gasteiger partial charge in [-0.25, -0.2) is 4.98 Å². The Balaban J connectivity index is 1.21. The number of aryl methyl sites for hydroxylation is 1. The summed E-state index contributed by atoms with van der Waals surface area (Å²) in [6.07, 6.45) is 1.03. The van der Waals surface area contributed by atoms with Gasteiger partial charge in [-0.2, -0.15) is 0 Å². The maximum atomic E-state index is 6.04. The molecule has 1 fully saturated rings. The van der Waals surface area contributed by atoms with E-state index in [1.165, 1.54) is 0 Å². The molecule has 0 saturated carbocycles. The molecule has 4 aromatic rings. The molecule has 0 bridgehead atoms. The first-order chi connectivity index (χ1) is 15.6. The molecule has 0 atom stereocenters. The Hall–Kier alpha value is -3.09. The monoisotopic (exact) mass is 430 g/mol. The second-order valence-corrected chi connectivity index (χ2v) is 8.65. The number of hydrogen-bond donors (Lipinski definition) is 1. The Kier molecular flexibility index (Phi) is 5.97. The summed E-state index contributed by atoms with van der Waals surface area (Å²) in [7, 11) is 2.19. The maximum absolute atomic E-state index is 6.04. The minimum Gasteiger partial charge on any atom is -0.493 e. The van der Waals surface area contributed by atoms with Crippen molar-refractivity contribution in [3.63, 3.8) is 0 Å². The van der Waals surface area contributed by atoms with Crippen LogP contribution in [0.2, 0.25) is 0 Å². The third-order valence-corrected chi connectivity index (χ3v) is 6.07. The number of likely N-dealkylation sites (N-methyl/N-ethyl adjacent to an activating group) is 1. The molecule has 5 rings (SSSR count). The van der Waals surface area contributed by atoms with Crippen LogP contribution in [0.5, 0.6) is 17.4 Å².